The first-order chi connectivity index (χ1) is 10.3. The Morgan fingerprint density at radius 2 is 1.33 bits per heavy atom. The molecule has 2 aliphatic rings. The fourth-order valence-electron chi connectivity index (χ4n) is 1.79. The van der Waals surface area contributed by atoms with Gasteiger partial charge >= 0.3 is 0 Å². The van der Waals surface area contributed by atoms with Crippen LogP contribution in [0.5, 0.6) is 0 Å². The highest BCUT2D eigenvalue weighted by molar-refractivity contribution is 5.28. The van der Waals surface area contributed by atoms with Crippen molar-refractivity contribution in [1.29, 1.82) is 0 Å². The van der Waals surface area contributed by atoms with Gasteiger partial charge in [-0.2, -0.15) is 0 Å². The van der Waals surface area contributed by atoms with Gasteiger partial charge < -0.3 is 14.5 Å². The summed E-state index contributed by atoms with van der Waals surface area (Å²) in [5.41, 5.74) is 1.29. The molecule has 0 spiro atoms. The lowest BCUT2D eigenvalue weighted by Crippen LogP contribution is -2.26. The second-order valence-corrected chi connectivity index (χ2v) is 4.12. The van der Waals surface area contributed by atoms with Crippen LogP contribution in [0.25, 0.3) is 0 Å². The van der Waals surface area contributed by atoms with E-state index in [9.17, 15) is 9.81 Å². The number of rotatable bonds is 6. The molecule has 0 aromatic carbocycles. The monoisotopic (exact) mass is 286 g/mol. The average molecular weight is 286 g/mol. The number of nitrogens with zero attached hydrogens (tertiary/aromatic N) is 4. The quantitative estimate of drug-likeness (QED) is 0.702. The summed E-state index contributed by atoms with van der Waals surface area (Å²) in [5.74, 6) is 0. The fourth-order valence-corrected chi connectivity index (χ4v) is 1.79. The van der Waals surface area contributed by atoms with E-state index in [4.69, 9.17) is 4.74 Å². The van der Waals surface area contributed by atoms with Gasteiger partial charge in [-0.1, -0.05) is 12.2 Å². The fraction of sp³-hybridized carbons (Fsp3) is 0.143. The van der Waals surface area contributed by atoms with Gasteiger partial charge in [0.15, 0.2) is 0 Å². The summed E-state index contributed by atoms with van der Waals surface area (Å²) in [6, 6.07) is 0. The zero-order valence-electron chi connectivity index (χ0n) is 11.2. The lowest BCUT2D eigenvalue weighted by Gasteiger charge is -2.26. The molecule has 0 radical (unpaired) electrons. The summed E-state index contributed by atoms with van der Waals surface area (Å²) in [5, 5.41) is 5.53. The third kappa shape index (κ3) is 4.08. The average Bonchev–Trinajstić information content (AvgIpc) is 2.51. The van der Waals surface area contributed by atoms with Crippen molar-refractivity contribution in [3.63, 3.8) is 0 Å². The Balaban J connectivity index is 1.89. The third-order valence-electron chi connectivity index (χ3n) is 2.78. The molecular weight excluding hydrogens is 272 g/mol. The van der Waals surface area contributed by atoms with Crippen LogP contribution in [-0.4, -0.2) is 23.3 Å². The highest BCUT2D eigenvalue weighted by Gasteiger charge is 2.10. The summed E-state index contributed by atoms with van der Waals surface area (Å²) in [6.45, 7) is 0.496. The molecule has 0 N–H and O–H groups in total. The highest BCUT2D eigenvalue weighted by atomic mass is 16.5. The van der Waals surface area contributed by atoms with E-state index in [0.717, 1.165) is 0 Å². The van der Waals surface area contributed by atoms with Gasteiger partial charge in [0.2, 0.25) is 0 Å². The van der Waals surface area contributed by atoms with E-state index in [0.29, 0.717) is 11.4 Å². The predicted octanol–water partition coefficient (Wildman–Crippen LogP) is 2.90. The molecular formula is C14H14N4O3. The Hall–Kier alpha value is -2.80. The maximum Gasteiger partial charge on any atom is 0.125 e. The molecule has 0 aromatic rings. The number of hydrogen-bond acceptors (Lipinski definition) is 7. The zero-order valence-corrected chi connectivity index (χ0v) is 11.2. The first kappa shape index (κ1) is 14.6. The van der Waals surface area contributed by atoms with Gasteiger partial charge in [-0.3, -0.25) is 0 Å². The molecule has 0 aromatic heterocycles. The summed E-state index contributed by atoms with van der Waals surface area (Å²) < 4.78 is 5.58. The van der Waals surface area contributed by atoms with Crippen molar-refractivity contribution in [2.75, 3.05) is 13.5 Å². The van der Waals surface area contributed by atoms with Crippen molar-refractivity contribution >= 4 is 0 Å². The van der Waals surface area contributed by atoms with Crippen LogP contribution in [0.3, 0.4) is 0 Å². The van der Waals surface area contributed by atoms with Crippen LogP contribution in [0.15, 0.2) is 83.0 Å². The summed E-state index contributed by atoms with van der Waals surface area (Å²) in [7, 11) is 0. The van der Waals surface area contributed by atoms with Crippen molar-refractivity contribution in [2.45, 2.75) is 0 Å². The number of hydrogen-bond donors (Lipinski definition) is 0. The van der Waals surface area contributed by atoms with Crippen molar-refractivity contribution in [3.8, 4) is 0 Å². The third-order valence-corrected chi connectivity index (χ3v) is 2.78. The van der Waals surface area contributed by atoms with Gasteiger partial charge in [0.25, 0.3) is 0 Å². The molecule has 7 nitrogen and oxygen atoms in total. The van der Waals surface area contributed by atoms with Crippen LogP contribution in [0.2, 0.25) is 0 Å². The molecule has 21 heavy (non-hydrogen) atoms. The number of allylic oxidation sites excluding steroid dienone is 6. The lowest BCUT2D eigenvalue weighted by molar-refractivity contribution is 0.0242. The van der Waals surface area contributed by atoms with Crippen LogP contribution in [0, 0.1) is 9.81 Å². The molecule has 0 bridgehead atoms. The number of ether oxygens (including phenoxy) is 1. The van der Waals surface area contributed by atoms with Crippen molar-refractivity contribution in [3.05, 3.63) is 82.5 Å². The zero-order chi connectivity index (χ0) is 14.9. The van der Waals surface area contributed by atoms with Crippen LogP contribution in [-0.2, 0) is 4.74 Å². The van der Waals surface area contributed by atoms with Gasteiger partial charge in [-0.05, 0) is 34.7 Å². The van der Waals surface area contributed by atoms with E-state index in [1.807, 2.05) is 24.3 Å². The highest BCUT2D eigenvalue weighted by Crippen LogP contribution is 2.15. The minimum Gasteiger partial charge on any atom is -0.340 e. The largest absolute Gasteiger partial charge is 0.340 e. The molecule has 0 amide bonds. The molecule has 2 heterocycles. The van der Waals surface area contributed by atoms with Gasteiger partial charge in [0.1, 0.15) is 13.5 Å². The first-order valence-corrected chi connectivity index (χ1v) is 6.21. The molecule has 0 unspecified atom stereocenters. The van der Waals surface area contributed by atoms with E-state index in [2.05, 4.69) is 10.4 Å². The van der Waals surface area contributed by atoms with Crippen LogP contribution < -0.4 is 0 Å². The molecule has 2 rings (SSSR count). The van der Waals surface area contributed by atoms with E-state index in [-0.39, 0.29) is 13.5 Å². The van der Waals surface area contributed by atoms with Crippen LogP contribution in [0.4, 0.5) is 0 Å². The van der Waals surface area contributed by atoms with Gasteiger partial charge in [0, 0.05) is 12.4 Å². The molecule has 7 heteroatoms. The molecule has 108 valence electrons. The van der Waals surface area contributed by atoms with Crippen LogP contribution in [0.1, 0.15) is 0 Å². The van der Waals surface area contributed by atoms with Gasteiger partial charge in [-0.15, -0.1) is 9.81 Å². The standard InChI is InChI=1S/C14H14N4O3/c19-15-9-13-5-1-3-7-17(13)11-21-12-18-8-4-2-6-14(18)10-16-20/h1-10H,11-12H2/b13-9+,14-10+. The van der Waals surface area contributed by atoms with Crippen molar-refractivity contribution in [1.82, 2.24) is 9.80 Å². The molecule has 0 atom stereocenters. The van der Waals surface area contributed by atoms with Gasteiger partial charge in [-0.25, -0.2) is 0 Å². The summed E-state index contributed by atoms with van der Waals surface area (Å²) in [4.78, 5) is 24.1. The van der Waals surface area contributed by atoms with E-state index >= 15 is 0 Å². The van der Waals surface area contributed by atoms with Crippen molar-refractivity contribution < 1.29 is 4.74 Å². The summed E-state index contributed by atoms with van der Waals surface area (Å²) in [6.07, 6.45) is 16.8. The molecule has 2 aliphatic heterocycles. The topological polar surface area (TPSA) is 74.6 Å². The maximum absolute atomic E-state index is 10.3. The smallest absolute Gasteiger partial charge is 0.125 e. The van der Waals surface area contributed by atoms with E-state index in [1.54, 1.807) is 34.4 Å². The summed E-state index contributed by atoms with van der Waals surface area (Å²) >= 11 is 0. The minimum absolute atomic E-state index is 0.248. The van der Waals surface area contributed by atoms with E-state index < -0.39 is 0 Å². The van der Waals surface area contributed by atoms with E-state index in [1.165, 1.54) is 12.4 Å². The normalized spacial score (nSPS) is 20.6. The first-order valence-electron chi connectivity index (χ1n) is 6.21. The second-order valence-electron chi connectivity index (χ2n) is 4.12. The Labute approximate surface area is 121 Å². The SMILES string of the molecule is O=N/C=C1\C=CC=CN1COCN1C=CC=C/C1=C\N=O. The molecule has 0 fully saturated rings. The lowest BCUT2D eigenvalue weighted by atomic mass is 10.3. The second kappa shape index (κ2) is 7.71. The predicted molar refractivity (Wildman–Crippen MR) is 78.8 cm³/mol. The number of nitroso groups, excluding NO2 is 2. The Morgan fingerprint density at radius 3 is 1.76 bits per heavy atom. The molecule has 0 aliphatic carbocycles. The van der Waals surface area contributed by atoms with Crippen LogP contribution >= 0.6 is 0 Å². The Bertz CT molecular complexity index is 523. The van der Waals surface area contributed by atoms with Gasteiger partial charge in [0.05, 0.1) is 23.8 Å². The van der Waals surface area contributed by atoms with Crippen molar-refractivity contribution in [2.24, 2.45) is 10.4 Å². The minimum atomic E-state index is 0.248. The Morgan fingerprint density at radius 1 is 0.857 bits per heavy atom. The molecule has 0 saturated carbocycles. The molecule has 0 saturated heterocycles. The maximum atomic E-state index is 10.3. The Kier molecular flexibility index (Phi) is 5.36.